The van der Waals surface area contributed by atoms with E-state index >= 15 is 0 Å². The minimum absolute atomic E-state index is 0.0216. The fourth-order valence-corrected chi connectivity index (χ4v) is 3.39. The van der Waals surface area contributed by atoms with Gasteiger partial charge in [-0.15, -0.1) is 0 Å². The zero-order valence-corrected chi connectivity index (χ0v) is 11.6. The second kappa shape index (κ2) is 5.16. The molecule has 0 amide bonds. The van der Waals surface area contributed by atoms with Crippen LogP contribution in [0.3, 0.4) is 0 Å². The zero-order chi connectivity index (χ0) is 15.6. The highest BCUT2D eigenvalue weighted by atomic mass is 32.2. The van der Waals surface area contributed by atoms with Crippen molar-refractivity contribution in [2.24, 2.45) is 0 Å². The first-order valence-electron chi connectivity index (χ1n) is 5.75. The second-order valence-corrected chi connectivity index (χ2v) is 6.09. The number of rotatable bonds is 2. The van der Waals surface area contributed by atoms with E-state index in [1.165, 1.54) is 24.3 Å². The van der Waals surface area contributed by atoms with Crippen molar-refractivity contribution < 1.29 is 8.42 Å². The van der Waals surface area contributed by atoms with Crippen LogP contribution < -0.4 is 11.5 Å². The van der Waals surface area contributed by atoms with Crippen molar-refractivity contribution in [3.05, 3.63) is 47.5 Å². The lowest BCUT2D eigenvalue weighted by molar-refractivity contribution is 0.597. The van der Waals surface area contributed by atoms with Gasteiger partial charge in [-0.2, -0.15) is 10.5 Å². The van der Waals surface area contributed by atoms with E-state index in [0.29, 0.717) is 0 Å². The highest BCUT2D eigenvalue weighted by Gasteiger charge is 2.24. The van der Waals surface area contributed by atoms with Crippen molar-refractivity contribution in [2.45, 2.75) is 9.79 Å². The Morgan fingerprint density at radius 2 is 1.48 bits per heavy atom. The summed E-state index contributed by atoms with van der Waals surface area (Å²) >= 11 is 0. The normalized spacial score (nSPS) is 10.6. The van der Waals surface area contributed by atoms with E-state index in [4.69, 9.17) is 22.0 Å². The molecule has 0 aromatic heterocycles. The van der Waals surface area contributed by atoms with Crippen LogP contribution in [0.1, 0.15) is 11.1 Å². The minimum Gasteiger partial charge on any atom is -0.398 e. The van der Waals surface area contributed by atoms with Gasteiger partial charge in [-0.05, 0) is 30.3 Å². The number of hydrogen-bond donors (Lipinski definition) is 2. The Bertz CT molecular complexity index is 885. The average molecular weight is 298 g/mol. The lowest BCUT2D eigenvalue weighted by Gasteiger charge is -2.10. The fourth-order valence-electron chi connectivity index (χ4n) is 1.88. The molecule has 2 aromatic rings. The molecular formula is C14H10N4O2S. The van der Waals surface area contributed by atoms with E-state index in [0.717, 1.165) is 6.07 Å². The Labute approximate surface area is 121 Å². The molecule has 0 aliphatic heterocycles. The molecule has 4 N–H and O–H groups in total. The van der Waals surface area contributed by atoms with Crippen molar-refractivity contribution in [2.75, 3.05) is 11.5 Å². The molecular weight excluding hydrogens is 288 g/mol. The van der Waals surface area contributed by atoms with Gasteiger partial charge in [0, 0.05) is 0 Å². The third-order valence-electron chi connectivity index (χ3n) is 2.89. The molecule has 6 nitrogen and oxygen atoms in total. The summed E-state index contributed by atoms with van der Waals surface area (Å²) in [6.45, 7) is 0. The number of nitriles is 2. The summed E-state index contributed by atoms with van der Waals surface area (Å²) in [5, 5.41) is 17.8. The van der Waals surface area contributed by atoms with Gasteiger partial charge >= 0.3 is 0 Å². The Morgan fingerprint density at radius 3 is 2.00 bits per heavy atom. The maximum Gasteiger partial charge on any atom is 0.210 e. The smallest absolute Gasteiger partial charge is 0.210 e. The monoisotopic (exact) mass is 298 g/mol. The number of nitrogens with two attached hydrogens (primary N) is 2. The number of hydrogen-bond acceptors (Lipinski definition) is 6. The summed E-state index contributed by atoms with van der Waals surface area (Å²) in [4.78, 5) is -0.332. The third-order valence-corrected chi connectivity index (χ3v) is 4.77. The molecule has 21 heavy (non-hydrogen) atoms. The predicted molar refractivity (Wildman–Crippen MR) is 76.6 cm³/mol. The van der Waals surface area contributed by atoms with Gasteiger partial charge in [-0.3, -0.25) is 0 Å². The van der Waals surface area contributed by atoms with Gasteiger partial charge in [0.15, 0.2) is 0 Å². The van der Waals surface area contributed by atoms with Gasteiger partial charge in [0.25, 0.3) is 0 Å². The van der Waals surface area contributed by atoms with Crippen LogP contribution in [0.4, 0.5) is 11.4 Å². The fraction of sp³-hybridized carbons (Fsp3) is 0. The maximum atomic E-state index is 12.6. The molecule has 0 heterocycles. The summed E-state index contributed by atoms with van der Waals surface area (Å²) < 4.78 is 25.2. The van der Waals surface area contributed by atoms with Crippen LogP contribution in [0.5, 0.6) is 0 Å². The third kappa shape index (κ3) is 2.38. The molecule has 0 radical (unpaired) electrons. The number of sulfone groups is 1. The number of nitrogens with zero attached hydrogens (tertiary/aromatic N) is 2. The molecule has 0 saturated carbocycles. The van der Waals surface area contributed by atoms with Crippen LogP contribution in [-0.2, 0) is 9.84 Å². The molecule has 0 unspecified atom stereocenters. The summed E-state index contributed by atoms with van der Waals surface area (Å²) in [6.07, 6.45) is 0. The first-order chi connectivity index (χ1) is 9.91. The lowest BCUT2D eigenvalue weighted by Crippen LogP contribution is -2.09. The van der Waals surface area contributed by atoms with Crippen LogP contribution in [0.15, 0.2) is 46.2 Å². The summed E-state index contributed by atoms with van der Waals surface area (Å²) in [7, 11) is -3.97. The van der Waals surface area contributed by atoms with E-state index < -0.39 is 9.84 Å². The van der Waals surface area contributed by atoms with Gasteiger partial charge in [0.1, 0.15) is 17.0 Å². The topological polar surface area (TPSA) is 134 Å². The van der Waals surface area contributed by atoms with Crippen molar-refractivity contribution in [1.29, 1.82) is 10.5 Å². The largest absolute Gasteiger partial charge is 0.398 e. The van der Waals surface area contributed by atoms with E-state index in [9.17, 15) is 8.42 Å². The molecule has 104 valence electrons. The Kier molecular flexibility index (Phi) is 3.53. The van der Waals surface area contributed by atoms with Gasteiger partial charge < -0.3 is 11.5 Å². The molecule has 0 fully saturated rings. The van der Waals surface area contributed by atoms with E-state index in [2.05, 4.69) is 0 Å². The van der Waals surface area contributed by atoms with Crippen molar-refractivity contribution in [1.82, 2.24) is 0 Å². The van der Waals surface area contributed by atoms with Crippen molar-refractivity contribution in [3.63, 3.8) is 0 Å². The predicted octanol–water partition coefficient (Wildman–Crippen LogP) is 1.43. The van der Waals surface area contributed by atoms with Crippen LogP contribution in [-0.4, -0.2) is 8.42 Å². The highest BCUT2D eigenvalue weighted by molar-refractivity contribution is 7.91. The van der Waals surface area contributed by atoms with Gasteiger partial charge in [-0.25, -0.2) is 8.42 Å². The second-order valence-electron chi connectivity index (χ2n) is 4.20. The quantitative estimate of drug-likeness (QED) is 0.805. The Hall–Kier alpha value is -3.03. The Balaban J connectivity index is 2.72. The average Bonchev–Trinajstić information content (AvgIpc) is 2.46. The number of anilines is 2. The summed E-state index contributed by atoms with van der Waals surface area (Å²) in [6, 6.07) is 11.7. The van der Waals surface area contributed by atoms with Gasteiger partial charge in [0.05, 0.1) is 27.4 Å². The highest BCUT2D eigenvalue weighted by Crippen LogP contribution is 2.31. The first kappa shape index (κ1) is 14.4. The van der Waals surface area contributed by atoms with Gasteiger partial charge in [-0.1, -0.05) is 6.07 Å². The summed E-state index contributed by atoms with van der Waals surface area (Å²) in [5.74, 6) is 0. The van der Waals surface area contributed by atoms with E-state index in [1.54, 1.807) is 12.1 Å². The van der Waals surface area contributed by atoms with Crippen LogP contribution >= 0.6 is 0 Å². The van der Waals surface area contributed by atoms with Crippen LogP contribution in [0.2, 0.25) is 0 Å². The zero-order valence-electron chi connectivity index (χ0n) is 10.7. The van der Waals surface area contributed by atoms with Crippen molar-refractivity contribution in [3.8, 4) is 12.1 Å². The molecule has 0 atom stereocenters. The van der Waals surface area contributed by atoms with Crippen molar-refractivity contribution >= 4 is 21.2 Å². The molecule has 2 rings (SSSR count). The molecule has 7 heteroatoms. The molecule has 0 aliphatic carbocycles. The molecule has 0 aliphatic rings. The Morgan fingerprint density at radius 1 is 0.905 bits per heavy atom. The van der Waals surface area contributed by atoms with E-state index in [-0.39, 0.29) is 32.3 Å². The first-order valence-corrected chi connectivity index (χ1v) is 7.23. The number of nitrogen functional groups attached to an aromatic ring is 2. The molecule has 0 bridgehead atoms. The van der Waals surface area contributed by atoms with E-state index in [1.807, 2.05) is 6.07 Å². The molecule has 0 spiro atoms. The molecule has 2 aromatic carbocycles. The standard InChI is InChI=1S/C14H10N4O2S/c15-7-9-4-5-11(6-10(9)8-16)21(19,20)14-12(17)2-1-3-13(14)18/h1-6H,17-18H2. The summed E-state index contributed by atoms with van der Waals surface area (Å²) in [5.41, 5.74) is 11.5. The minimum atomic E-state index is -3.97. The SMILES string of the molecule is N#Cc1ccc(S(=O)(=O)c2c(N)cccc2N)cc1C#N. The lowest BCUT2D eigenvalue weighted by atomic mass is 10.1. The molecule has 0 saturated heterocycles. The van der Waals surface area contributed by atoms with Crippen LogP contribution in [0.25, 0.3) is 0 Å². The number of benzene rings is 2. The maximum absolute atomic E-state index is 12.6. The van der Waals surface area contributed by atoms with Gasteiger partial charge in [0.2, 0.25) is 9.84 Å². The van der Waals surface area contributed by atoms with Crippen LogP contribution in [0, 0.1) is 22.7 Å².